The molecule has 0 aliphatic carbocycles. The van der Waals surface area contributed by atoms with Crippen LogP contribution < -0.4 is 15.6 Å². The van der Waals surface area contributed by atoms with Gasteiger partial charge in [0.1, 0.15) is 24.0 Å². The van der Waals surface area contributed by atoms with Crippen molar-refractivity contribution in [1.29, 1.82) is 0 Å². The molecular weight excluding hydrogens is 344 g/mol. The zero-order valence-corrected chi connectivity index (χ0v) is 15.1. The lowest BCUT2D eigenvalue weighted by Gasteiger charge is -2.14. The molecule has 134 valence electrons. The Balaban J connectivity index is 1.88. The highest BCUT2D eigenvalue weighted by molar-refractivity contribution is 6.31. The quantitative estimate of drug-likeness (QED) is 0.732. The highest BCUT2D eigenvalue weighted by atomic mass is 35.5. The van der Waals surface area contributed by atoms with Crippen molar-refractivity contribution in [3.05, 3.63) is 62.0 Å². The molecular formula is C18H21ClN2O4. The Morgan fingerprint density at radius 3 is 2.68 bits per heavy atom. The molecule has 0 unspecified atom stereocenters. The molecule has 1 amide bonds. The molecule has 0 bridgehead atoms. The Bertz CT molecular complexity index is 832. The minimum atomic E-state index is -0.912. The molecule has 2 aromatic rings. The Kier molecular flexibility index (Phi) is 6.22. The lowest BCUT2D eigenvalue weighted by molar-refractivity contribution is 0.0842. The van der Waals surface area contributed by atoms with Gasteiger partial charge in [0.05, 0.1) is 0 Å². The van der Waals surface area contributed by atoms with E-state index in [1.165, 1.54) is 6.07 Å². The molecule has 0 aliphatic rings. The number of carbonyl (C=O) groups is 1. The van der Waals surface area contributed by atoms with E-state index in [1.807, 2.05) is 6.92 Å². The average molecular weight is 365 g/mol. The molecule has 0 spiro atoms. The number of pyridine rings is 1. The topological polar surface area (TPSA) is 91.4 Å². The van der Waals surface area contributed by atoms with E-state index in [2.05, 4.69) is 10.3 Å². The molecule has 25 heavy (non-hydrogen) atoms. The van der Waals surface area contributed by atoms with Crippen molar-refractivity contribution in [2.75, 3.05) is 13.2 Å². The first-order valence-electron chi connectivity index (χ1n) is 7.83. The number of aromatic amines is 1. The number of benzene rings is 1. The van der Waals surface area contributed by atoms with Crippen molar-refractivity contribution in [3.63, 3.8) is 0 Å². The standard InChI is InChI=1S/C18H21ClN2O4/c1-10-7-15(18(24)21-12(10)3)17(23)20-8-13(22)9-25-14-4-5-16(19)11(2)6-14/h4-7,13,22H,8-9H2,1-3H3,(H,20,23)(H,21,24)/t13-/m1/s1. The van der Waals surface area contributed by atoms with Gasteiger partial charge in [0.15, 0.2) is 0 Å². The molecule has 1 aromatic carbocycles. The molecule has 0 saturated heterocycles. The van der Waals surface area contributed by atoms with Crippen LogP contribution in [0.1, 0.15) is 27.2 Å². The average Bonchev–Trinajstić information content (AvgIpc) is 2.57. The van der Waals surface area contributed by atoms with Gasteiger partial charge in [0.2, 0.25) is 0 Å². The van der Waals surface area contributed by atoms with Crippen LogP contribution in [0, 0.1) is 20.8 Å². The number of rotatable bonds is 6. The Labute approximate surface area is 150 Å². The summed E-state index contributed by atoms with van der Waals surface area (Å²) in [4.78, 5) is 26.5. The molecule has 0 saturated carbocycles. The number of amides is 1. The molecule has 0 radical (unpaired) electrons. The van der Waals surface area contributed by atoms with Crippen molar-refractivity contribution in [2.45, 2.75) is 26.9 Å². The molecule has 1 aromatic heterocycles. The summed E-state index contributed by atoms with van der Waals surface area (Å²) in [6.07, 6.45) is -0.912. The van der Waals surface area contributed by atoms with Crippen LogP contribution in [0.4, 0.5) is 0 Å². The largest absolute Gasteiger partial charge is 0.491 e. The van der Waals surface area contributed by atoms with Crippen molar-refractivity contribution in [2.24, 2.45) is 0 Å². The summed E-state index contributed by atoms with van der Waals surface area (Å²) >= 11 is 5.94. The third-order valence-corrected chi connectivity index (χ3v) is 4.24. The third kappa shape index (κ3) is 5.08. The van der Waals surface area contributed by atoms with E-state index in [0.29, 0.717) is 16.5 Å². The fourth-order valence-corrected chi connectivity index (χ4v) is 2.28. The SMILES string of the molecule is Cc1cc(OC[C@H](O)CNC(=O)c2cc(C)c(C)[nH]c2=O)ccc1Cl. The first-order chi connectivity index (χ1) is 11.8. The van der Waals surface area contributed by atoms with E-state index in [4.69, 9.17) is 16.3 Å². The molecule has 6 nitrogen and oxygen atoms in total. The van der Waals surface area contributed by atoms with E-state index in [1.54, 1.807) is 32.0 Å². The van der Waals surface area contributed by atoms with Crippen LogP contribution in [0.3, 0.4) is 0 Å². The Morgan fingerprint density at radius 2 is 2.00 bits per heavy atom. The fraction of sp³-hybridized carbons (Fsp3) is 0.333. The van der Waals surface area contributed by atoms with Gasteiger partial charge in [0, 0.05) is 17.3 Å². The molecule has 2 rings (SSSR count). The molecule has 3 N–H and O–H groups in total. The molecule has 1 atom stereocenters. The van der Waals surface area contributed by atoms with Gasteiger partial charge in [0.25, 0.3) is 11.5 Å². The summed E-state index contributed by atoms with van der Waals surface area (Å²) in [5.41, 5.74) is 1.96. The van der Waals surface area contributed by atoms with Crippen LogP contribution >= 0.6 is 11.6 Å². The Morgan fingerprint density at radius 1 is 1.28 bits per heavy atom. The van der Waals surface area contributed by atoms with Gasteiger partial charge in [-0.15, -0.1) is 0 Å². The number of hydrogen-bond acceptors (Lipinski definition) is 4. The summed E-state index contributed by atoms with van der Waals surface area (Å²) in [5, 5.41) is 13.1. The van der Waals surface area contributed by atoms with Crippen molar-refractivity contribution in [3.8, 4) is 5.75 Å². The number of aromatic nitrogens is 1. The first-order valence-corrected chi connectivity index (χ1v) is 8.21. The maximum atomic E-state index is 12.1. The van der Waals surface area contributed by atoms with Crippen LogP contribution in [0.25, 0.3) is 0 Å². The molecule has 0 fully saturated rings. The summed E-state index contributed by atoms with van der Waals surface area (Å²) in [5.74, 6) is 0.0450. The number of aryl methyl sites for hydroxylation is 3. The van der Waals surface area contributed by atoms with E-state index in [0.717, 1.165) is 11.1 Å². The van der Waals surface area contributed by atoms with E-state index in [9.17, 15) is 14.7 Å². The number of carbonyl (C=O) groups excluding carboxylic acids is 1. The van der Waals surface area contributed by atoms with Crippen molar-refractivity contribution < 1.29 is 14.6 Å². The number of aliphatic hydroxyl groups is 1. The lowest BCUT2D eigenvalue weighted by Crippen LogP contribution is -2.37. The minimum Gasteiger partial charge on any atom is -0.491 e. The number of hydrogen-bond donors (Lipinski definition) is 3. The first kappa shape index (κ1) is 19.0. The van der Waals surface area contributed by atoms with E-state index >= 15 is 0 Å². The number of halogens is 1. The normalized spacial score (nSPS) is 11.9. The fourth-order valence-electron chi connectivity index (χ4n) is 2.16. The molecule has 0 aliphatic heterocycles. The van der Waals surface area contributed by atoms with Crippen molar-refractivity contribution >= 4 is 17.5 Å². The second-order valence-corrected chi connectivity index (χ2v) is 6.31. The smallest absolute Gasteiger partial charge is 0.261 e. The van der Waals surface area contributed by atoms with Gasteiger partial charge >= 0.3 is 0 Å². The van der Waals surface area contributed by atoms with Crippen LogP contribution in [0.5, 0.6) is 5.75 Å². The van der Waals surface area contributed by atoms with Gasteiger partial charge in [-0.1, -0.05) is 11.6 Å². The highest BCUT2D eigenvalue weighted by Crippen LogP contribution is 2.21. The monoisotopic (exact) mass is 364 g/mol. The second kappa shape index (κ2) is 8.18. The highest BCUT2D eigenvalue weighted by Gasteiger charge is 2.14. The van der Waals surface area contributed by atoms with Gasteiger partial charge in [-0.2, -0.15) is 0 Å². The van der Waals surface area contributed by atoms with E-state index in [-0.39, 0.29) is 18.7 Å². The van der Waals surface area contributed by atoms with E-state index < -0.39 is 17.6 Å². The van der Waals surface area contributed by atoms with Gasteiger partial charge < -0.3 is 20.1 Å². The number of ether oxygens (including phenoxy) is 1. The number of H-pyrrole nitrogens is 1. The summed E-state index contributed by atoms with van der Waals surface area (Å²) < 4.78 is 5.47. The lowest BCUT2D eigenvalue weighted by atomic mass is 10.1. The predicted molar refractivity (Wildman–Crippen MR) is 96.6 cm³/mol. The van der Waals surface area contributed by atoms with Crippen LogP contribution in [0.15, 0.2) is 29.1 Å². The zero-order valence-electron chi connectivity index (χ0n) is 14.4. The molecule has 7 heteroatoms. The predicted octanol–water partition coefficient (Wildman–Crippen LogP) is 2.12. The van der Waals surface area contributed by atoms with Gasteiger partial charge in [-0.05, 0) is 56.2 Å². The number of aliphatic hydroxyl groups excluding tert-OH is 1. The van der Waals surface area contributed by atoms with Crippen molar-refractivity contribution in [1.82, 2.24) is 10.3 Å². The summed E-state index contributed by atoms with van der Waals surface area (Å²) in [7, 11) is 0. The summed E-state index contributed by atoms with van der Waals surface area (Å²) in [6, 6.07) is 6.72. The minimum absolute atomic E-state index is 0.00460. The molecule has 1 heterocycles. The van der Waals surface area contributed by atoms with Gasteiger partial charge in [-0.3, -0.25) is 9.59 Å². The maximum Gasteiger partial charge on any atom is 0.261 e. The number of nitrogens with one attached hydrogen (secondary N) is 2. The van der Waals surface area contributed by atoms with Crippen LogP contribution in [0.2, 0.25) is 5.02 Å². The summed E-state index contributed by atoms with van der Waals surface area (Å²) in [6.45, 7) is 5.40. The van der Waals surface area contributed by atoms with Crippen LogP contribution in [-0.4, -0.2) is 35.3 Å². The Hall–Kier alpha value is -2.31. The maximum absolute atomic E-state index is 12.1. The van der Waals surface area contributed by atoms with Crippen LogP contribution in [-0.2, 0) is 0 Å². The van der Waals surface area contributed by atoms with Gasteiger partial charge in [-0.25, -0.2) is 0 Å². The second-order valence-electron chi connectivity index (χ2n) is 5.91. The third-order valence-electron chi connectivity index (χ3n) is 3.81. The zero-order chi connectivity index (χ0) is 18.6.